The summed E-state index contributed by atoms with van der Waals surface area (Å²) in [6.07, 6.45) is 0.838. The molecular formula is C16H14BrNO2. The van der Waals surface area contributed by atoms with E-state index in [1.165, 1.54) is 0 Å². The summed E-state index contributed by atoms with van der Waals surface area (Å²) in [5.41, 5.74) is 9.74. The SMILES string of the molecule is Cc1ccc(C(=O)c2cc(Br)cc3c2OCC3)cc1N. The Morgan fingerprint density at radius 1 is 1.30 bits per heavy atom. The number of hydrogen-bond donors (Lipinski definition) is 1. The van der Waals surface area contributed by atoms with E-state index in [0.717, 1.165) is 22.0 Å². The molecule has 1 aliphatic rings. The van der Waals surface area contributed by atoms with Crippen molar-refractivity contribution in [2.75, 3.05) is 12.3 Å². The van der Waals surface area contributed by atoms with Crippen molar-refractivity contribution < 1.29 is 9.53 Å². The lowest BCUT2D eigenvalue weighted by Crippen LogP contribution is -2.05. The number of ketones is 1. The molecule has 0 atom stereocenters. The molecule has 0 amide bonds. The lowest BCUT2D eigenvalue weighted by molar-refractivity contribution is 0.103. The standard InChI is InChI=1S/C16H14BrNO2/c1-9-2-3-10(7-14(9)18)15(19)13-8-12(17)6-11-4-5-20-16(11)13/h2-3,6-8H,4-5,18H2,1H3. The van der Waals surface area contributed by atoms with E-state index >= 15 is 0 Å². The van der Waals surface area contributed by atoms with Gasteiger partial charge < -0.3 is 10.5 Å². The number of nitrogens with two attached hydrogens (primary N) is 1. The Morgan fingerprint density at radius 2 is 2.10 bits per heavy atom. The van der Waals surface area contributed by atoms with E-state index in [2.05, 4.69) is 15.9 Å². The van der Waals surface area contributed by atoms with Crippen LogP contribution in [0.1, 0.15) is 27.0 Å². The molecule has 4 heteroatoms. The Balaban J connectivity index is 2.09. The maximum atomic E-state index is 12.7. The van der Waals surface area contributed by atoms with Crippen LogP contribution in [0, 0.1) is 6.92 Å². The van der Waals surface area contributed by atoms with Crippen molar-refractivity contribution in [1.82, 2.24) is 0 Å². The van der Waals surface area contributed by atoms with Gasteiger partial charge in [-0.05, 0) is 36.2 Å². The van der Waals surface area contributed by atoms with Crippen molar-refractivity contribution >= 4 is 27.4 Å². The van der Waals surface area contributed by atoms with Gasteiger partial charge in [-0.3, -0.25) is 4.79 Å². The smallest absolute Gasteiger partial charge is 0.196 e. The molecular weight excluding hydrogens is 318 g/mol. The second kappa shape index (κ2) is 4.94. The lowest BCUT2D eigenvalue weighted by atomic mass is 9.98. The van der Waals surface area contributed by atoms with Crippen LogP contribution in [0.15, 0.2) is 34.8 Å². The number of ether oxygens (including phenoxy) is 1. The highest BCUT2D eigenvalue weighted by Crippen LogP contribution is 2.34. The van der Waals surface area contributed by atoms with Gasteiger partial charge >= 0.3 is 0 Å². The van der Waals surface area contributed by atoms with Crippen molar-refractivity contribution in [1.29, 1.82) is 0 Å². The second-order valence-electron chi connectivity index (χ2n) is 4.94. The summed E-state index contributed by atoms with van der Waals surface area (Å²) in [6, 6.07) is 9.20. The summed E-state index contributed by atoms with van der Waals surface area (Å²) in [5.74, 6) is 0.647. The molecule has 0 unspecified atom stereocenters. The minimum Gasteiger partial charge on any atom is -0.492 e. The number of anilines is 1. The number of aryl methyl sites for hydroxylation is 1. The van der Waals surface area contributed by atoms with Crippen molar-refractivity contribution in [3.8, 4) is 5.75 Å². The van der Waals surface area contributed by atoms with Crippen molar-refractivity contribution in [2.24, 2.45) is 0 Å². The third-order valence-electron chi connectivity index (χ3n) is 3.53. The number of carbonyl (C=O) groups excluding carboxylic acids is 1. The molecule has 20 heavy (non-hydrogen) atoms. The Hall–Kier alpha value is -1.81. The maximum Gasteiger partial charge on any atom is 0.196 e. The fourth-order valence-electron chi connectivity index (χ4n) is 2.38. The van der Waals surface area contributed by atoms with Gasteiger partial charge in [-0.1, -0.05) is 28.1 Å². The first-order valence-corrected chi connectivity index (χ1v) is 7.21. The van der Waals surface area contributed by atoms with E-state index in [4.69, 9.17) is 10.5 Å². The molecule has 2 aromatic carbocycles. The highest BCUT2D eigenvalue weighted by atomic mass is 79.9. The monoisotopic (exact) mass is 331 g/mol. The quantitative estimate of drug-likeness (QED) is 0.676. The Bertz CT molecular complexity index is 710. The predicted octanol–water partition coefficient (Wildman–Crippen LogP) is 3.51. The number of rotatable bonds is 2. The molecule has 2 aromatic rings. The van der Waals surface area contributed by atoms with Gasteiger partial charge in [0.2, 0.25) is 0 Å². The Kier molecular flexibility index (Phi) is 3.26. The zero-order valence-corrected chi connectivity index (χ0v) is 12.7. The first-order valence-electron chi connectivity index (χ1n) is 6.42. The van der Waals surface area contributed by atoms with Crippen LogP contribution in [-0.2, 0) is 6.42 Å². The summed E-state index contributed by atoms with van der Waals surface area (Å²) in [4.78, 5) is 12.7. The minimum atomic E-state index is -0.0591. The van der Waals surface area contributed by atoms with Crippen LogP contribution in [0.3, 0.4) is 0 Å². The number of fused-ring (bicyclic) bond motifs is 1. The van der Waals surface area contributed by atoms with Gasteiger partial charge in [0.15, 0.2) is 5.78 Å². The van der Waals surface area contributed by atoms with E-state index in [1.807, 2.05) is 25.1 Å². The summed E-state index contributed by atoms with van der Waals surface area (Å²) in [7, 11) is 0. The van der Waals surface area contributed by atoms with Crippen molar-refractivity contribution in [3.05, 3.63) is 57.1 Å². The van der Waals surface area contributed by atoms with Crippen LogP contribution in [-0.4, -0.2) is 12.4 Å². The number of carbonyl (C=O) groups is 1. The van der Waals surface area contributed by atoms with Gasteiger partial charge in [0.05, 0.1) is 12.2 Å². The Labute approximate surface area is 125 Å². The molecule has 1 aliphatic heterocycles. The average molecular weight is 332 g/mol. The molecule has 0 bridgehead atoms. The predicted molar refractivity (Wildman–Crippen MR) is 82.4 cm³/mol. The molecule has 3 nitrogen and oxygen atoms in total. The van der Waals surface area contributed by atoms with Crippen molar-refractivity contribution in [2.45, 2.75) is 13.3 Å². The molecule has 3 rings (SSSR count). The molecule has 0 radical (unpaired) electrons. The molecule has 102 valence electrons. The molecule has 0 aromatic heterocycles. The molecule has 0 spiro atoms. The molecule has 0 saturated carbocycles. The maximum absolute atomic E-state index is 12.7. The van der Waals surface area contributed by atoms with Crippen LogP contribution in [0.5, 0.6) is 5.75 Å². The zero-order chi connectivity index (χ0) is 14.3. The summed E-state index contributed by atoms with van der Waals surface area (Å²) in [5, 5.41) is 0. The first-order chi connectivity index (χ1) is 9.56. The molecule has 0 aliphatic carbocycles. The van der Waals surface area contributed by atoms with Gasteiger partial charge in [0.25, 0.3) is 0 Å². The average Bonchev–Trinajstić information content (AvgIpc) is 2.88. The second-order valence-corrected chi connectivity index (χ2v) is 5.86. The van der Waals surface area contributed by atoms with E-state index in [0.29, 0.717) is 29.2 Å². The molecule has 0 saturated heterocycles. The first kappa shape index (κ1) is 13.2. The normalized spacial score (nSPS) is 12.9. The fourth-order valence-corrected chi connectivity index (χ4v) is 2.88. The van der Waals surface area contributed by atoms with E-state index in [1.54, 1.807) is 12.1 Å². The summed E-state index contributed by atoms with van der Waals surface area (Å²) < 4.78 is 6.50. The lowest BCUT2D eigenvalue weighted by Gasteiger charge is -2.09. The fraction of sp³-hybridized carbons (Fsp3) is 0.188. The van der Waals surface area contributed by atoms with Gasteiger partial charge in [-0.2, -0.15) is 0 Å². The van der Waals surface area contributed by atoms with Gasteiger partial charge in [0.1, 0.15) is 5.75 Å². The highest BCUT2D eigenvalue weighted by Gasteiger charge is 2.22. The zero-order valence-electron chi connectivity index (χ0n) is 11.1. The van der Waals surface area contributed by atoms with E-state index < -0.39 is 0 Å². The summed E-state index contributed by atoms with van der Waals surface area (Å²) in [6.45, 7) is 2.55. The van der Waals surface area contributed by atoms with Gasteiger partial charge in [-0.15, -0.1) is 0 Å². The minimum absolute atomic E-state index is 0.0591. The number of nitrogen functional groups attached to an aromatic ring is 1. The van der Waals surface area contributed by atoms with Crippen LogP contribution < -0.4 is 10.5 Å². The van der Waals surface area contributed by atoms with Gasteiger partial charge in [0, 0.05) is 22.1 Å². The molecule has 2 N–H and O–H groups in total. The van der Waals surface area contributed by atoms with Crippen LogP contribution in [0.25, 0.3) is 0 Å². The number of hydrogen-bond acceptors (Lipinski definition) is 3. The van der Waals surface area contributed by atoms with Gasteiger partial charge in [-0.25, -0.2) is 0 Å². The van der Waals surface area contributed by atoms with Crippen LogP contribution in [0.2, 0.25) is 0 Å². The largest absolute Gasteiger partial charge is 0.492 e. The number of benzene rings is 2. The van der Waals surface area contributed by atoms with Crippen LogP contribution in [0.4, 0.5) is 5.69 Å². The summed E-state index contributed by atoms with van der Waals surface area (Å²) >= 11 is 3.45. The third kappa shape index (κ3) is 2.20. The van der Waals surface area contributed by atoms with Crippen LogP contribution >= 0.6 is 15.9 Å². The number of halogens is 1. The van der Waals surface area contributed by atoms with E-state index in [9.17, 15) is 4.79 Å². The molecule has 1 heterocycles. The highest BCUT2D eigenvalue weighted by molar-refractivity contribution is 9.10. The van der Waals surface area contributed by atoms with Crippen molar-refractivity contribution in [3.63, 3.8) is 0 Å². The van der Waals surface area contributed by atoms with E-state index in [-0.39, 0.29) is 5.78 Å². The molecule has 0 fully saturated rings. The Morgan fingerprint density at radius 3 is 2.85 bits per heavy atom. The topological polar surface area (TPSA) is 52.3 Å². The third-order valence-corrected chi connectivity index (χ3v) is 3.99.